The number of aromatic carboxylic acids is 1. The summed E-state index contributed by atoms with van der Waals surface area (Å²) in [5.41, 5.74) is 5.37. The Kier molecular flexibility index (Phi) is 4.39. The Balaban J connectivity index is 0.000001000. The van der Waals surface area contributed by atoms with Crippen molar-refractivity contribution in [2.45, 2.75) is 0 Å². The molecule has 0 atom stereocenters. The van der Waals surface area contributed by atoms with Crippen LogP contribution < -0.4 is 5.73 Å². The summed E-state index contributed by atoms with van der Waals surface area (Å²) in [5, 5.41) is 8.42. The van der Waals surface area contributed by atoms with Crippen molar-refractivity contribution in [2.75, 3.05) is 5.73 Å². The number of carboxylic acid groups (broad SMARTS) is 1. The van der Waals surface area contributed by atoms with Gasteiger partial charge in [0.25, 0.3) is 0 Å². The number of aromatic nitrogens is 1. The molecule has 3 N–H and O–H groups in total. The fourth-order valence-electron chi connectivity index (χ4n) is 0.596. The molecule has 0 amide bonds. The molecule has 11 heavy (non-hydrogen) atoms. The van der Waals surface area contributed by atoms with Gasteiger partial charge in [0, 0.05) is 43.5 Å². The van der Waals surface area contributed by atoms with Crippen molar-refractivity contribution in [3.05, 3.63) is 24.0 Å². The Morgan fingerprint density at radius 3 is 2.64 bits per heavy atom. The van der Waals surface area contributed by atoms with Crippen LogP contribution >= 0.6 is 0 Å². The molecule has 0 saturated heterocycles. The SMILES string of the molecule is Nc1cccnc1C(=O)O.[Er]. The number of carbonyl (C=O) groups is 1. The van der Waals surface area contributed by atoms with E-state index in [0.29, 0.717) is 0 Å². The standard InChI is InChI=1S/C6H6N2O2.Er/c7-4-2-1-3-8-5(4)6(9)10;/h1-3H,7H2,(H,9,10);. The van der Waals surface area contributed by atoms with Gasteiger partial charge in [-0.25, -0.2) is 9.78 Å². The third-order valence-corrected chi connectivity index (χ3v) is 1.04. The number of hydrogen-bond donors (Lipinski definition) is 2. The zero-order valence-corrected chi connectivity index (χ0v) is 7.25. The molecule has 0 radical (unpaired) electrons. The van der Waals surface area contributed by atoms with E-state index in [0.717, 1.165) is 0 Å². The maximum absolute atomic E-state index is 10.3. The molecule has 0 fully saturated rings. The molecule has 0 aromatic carbocycles. The van der Waals surface area contributed by atoms with Gasteiger partial charge in [0.1, 0.15) is 0 Å². The van der Waals surface area contributed by atoms with Crippen LogP contribution in [-0.4, -0.2) is 16.1 Å². The van der Waals surface area contributed by atoms with Crippen LogP contribution in [0.4, 0.5) is 5.69 Å². The molecule has 0 bridgehead atoms. The molecule has 5 heteroatoms. The van der Waals surface area contributed by atoms with Crippen LogP contribution in [0.5, 0.6) is 0 Å². The van der Waals surface area contributed by atoms with Crippen molar-refractivity contribution in [1.29, 1.82) is 0 Å². The monoisotopic (exact) mass is 304 g/mol. The number of nitrogen functional groups attached to an aromatic ring is 1. The summed E-state index contributed by atoms with van der Waals surface area (Å²) < 4.78 is 0. The largest absolute Gasteiger partial charge is 0.476 e. The van der Waals surface area contributed by atoms with Gasteiger partial charge < -0.3 is 10.8 Å². The summed E-state index contributed by atoms with van der Waals surface area (Å²) in [6.07, 6.45) is 1.39. The van der Waals surface area contributed by atoms with E-state index < -0.39 is 5.97 Å². The first kappa shape index (κ1) is 10.7. The van der Waals surface area contributed by atoms with E-state index >= 15 is 0 Å². The third-order valence-electron chi connectivity index (χ3n) is 1.04. The number of anilines is 1. The summed E-state index contributed by atoms with van der Waals surface area (Å²) >= 11 is 0. The van der Waals surface area contributed by atoms with Crippen LogP contribution in [0.1, 0.15) is 10.5 Å². The maximum atomic E-state index is 10.3. The first-order valence-electron chi connectivity index (χ1n) is 2.65. The first-order chi connectivity index (χ1) is 4.72. The first-order valence-corrected chi connectivity index (χ1v) is 2.65. The van der Waals surface area contributed by atoms with Crippen LogP contribution in [-0.2, 0) is 0 Å². The number of pyridine rings is 1. The van der Waals surface area contributed by atoms with E-state index in [1.54, 1.807) is 6.07 Å². The van der Waals surface area contributed by atoms with Crippen LogP contribution in [0.15, 0.2) is 18.3 Å². The smallest absolute Gasteiger partial charge is 0.356 e. The second kappa shape index (κ2) is 4.53. The second-order valence-electron chi connectivity index (χ2n) is 1.75. The van der Waals surface area contributed by atoms with Gasteiger partial charge in [-0.15, -0.1) is 0 Å². The van der Waals surface area contributed by atoms with E-state index in [1.165, 1.54) is 12.3 Å². The molecule has 1 aromatic heterocycles. The number of nitrogens with two attached hydrogens (primary N) is 1. The molecule has 64 valence electrons. The molecule has 0 spiro atoms. The number of nitrogens with zero attached hydrogens (tertiary/aromatic N) is 1. The Hall–Kier alpha value is -0.333. The third kappa shape index (κ3) is 2.64. The van der Waals surface area contributed by atoms with E-state index in [9.17, 15) is 4.79 Å². The van der Waals surface area contributed by atoms with Crippen molar-refractivity contribution in [1.82, 2.24) is 4.98 Å². The van der Waals surface area contributed by atoms with Crippen molar-refractivity contribution < 1.29 is 47.2 Å². The molecular formula is C6H6ErN2O2. The minimum Gasteiger partial charge on any atom is -0.476 e. The average Bonchev–Trinajstić information content (AvgIpc) is 1.88. The Labute approximate surface area is 93.0 Å². The zero-order valence-electron chi connectivity index (χ0n) is 5.40. The Bertz CT molecular complexity index is 265. The molecular weight excluding hydrogens is 299 g/mol. The van der Waals surface area contributed by atoms with Crippen LogP contribution in [0.3, 0.4) is 0 Å². The molecule has 0 aliphatic carbocycles. The minimum atomic E-state index is -1.10. The van der Waals surface area contributed by atoms with Crippen molar-refractivity contribution >= 4 is 11.7 Å². The van der Waals surface area contributed by atoms with Crippen LogP contribution in [0, 0.1) is 37.3 Å². The van der Waals surface area contributed by atoms with Crippen molar-refractivity contribution in [3.8, 4) is 0 Å². The Morgan fingerprint density at radius 1 is 1.64 bits per heavy atom. The average molecular weight is 305 g/mol. The summed E-state index contributed by atoms with van der Waals surface area (Å²) in [6.45, 7) is 0. The topological polar surface area (TPSA) is 76.2 Å². The van der Waals surface area contributed by atoms with Gasteiger partial charge >= 0.3 is 5.97 Å². The Morgan fingerprint density at radius 2 is 2.27 bits per heavy atom. The molecule has 0 aliphatic rings. The zero-order chi connectivity index (χ0) is 7.56. The van der Waals surface area contributed by atoms with Gasteiger partial charge in [0.2, 0.25) is 0 Å². The predicted molar refractivity (Wildman–Crippen MR) is 35.6 cm³/mol. The molecule has 4 nitrogen and oxygen atoms in total. The predicted octanol–water partition coefficient (Wildman–Crippen LogP) is 0.362. The fourth-order valence-corrected chi connectivity index (χ4v) is 0.596. The van der Waals surface area contributed by atoms with E-state index in [1.807, 2.05) is 0 Å². The summed E-state index contributed by atoms with van der Waals surface area (Å²) in [6, 6.07) is 3.08. The molecule has 1 aromatic rings. The number of hydrogen-bond acceptors (Lipinski definition) is 3. The molecule has 0 aliphatic heterocycles. The normalized spacial score (nSPS) is 8.36. The maximum Gasteiger partial charge on any atom is 0.356 e. The number of rotatable bonds is 1. The van der Waals surface area contributed by atoms with E-state index in [4.69, 9.17) is 10.8 Å². The fraction of sp³-hybridized carbons (Fsp3) is 0. The van der Waals surface area contributed by atoms with Gasteiger partial charge in [-0.2, -0.15) is 0 Å². The summed E-state index contributed by atoms with van der Waals surface area (Å²) in [4.78, 5) is 13.8. The van der Waals surface area contributed by atoms with Crippen molar-refractivity contribution in [2.24, 2.45) is 0 Å². The molecule has 1 rings (SSSR count). The van der Waals surface area contributed by atoms with Crippen LogP contribution in [0.2, 0.25) is 0 Å². The quantitative estimate of drug-likeness (QED) is 0.785. The minimum absolute atomic E-state index is 0. The van der Waals surface area contributed by atoms with Gasteiger partial charge in [0.05, 0.1) is 5.69 Å². The van der Waals surface area contributed by atoms with Crippen LogP contribution in [0.25, 0.3) is 0 Å². The molecule has 0 unspecified atom stereocenters. The van der Waals surface area contributed by atoms with E-state index in [-0.39, 0.29) is 48.7 Å². The van der Waals surface area contributed by atoms with Gasteiger partial charge in [-0.3, -0.25) is 0 Å². The second-order valence-corrected chi connectivity index (χ2v) is 1.75. The molecule has 1 heterocycles. The van der Waals surface area contributed by atoms with E-state index in [2.05, 4.69) is 4.98 Å². The van der Waals surface area contributed by atoms with Gasteiger partial charge in [-0.1, -0.05) is 0 Å². The van der Waals surface area contributed by atoms with Crippen molar-refractivity contribution in [3.63, 3.8) is 0 Å². The van der Waals surface area contributed by atoms with Gasteiger partial charge in [-0.05, 0) is 12.1 Å². The summed E-state index contributed by atoms with van der Waals surface area (Å²) in [5.74, 6) is -1.10. The molecule has 0 saturated carbocycles. The number of carboxylic acids is 1. The summed E-state index contributed by atoms with van der Waals surface area (Å²) in [7, 11) is 0. The van der Waals surface area contributed by atoms with Gasteiger partial charge in [0.15, 0.2) is 5.69 Å².